The summed E-state index contributed by atoms with van der Waals surface area (Å²) in [5.41, 5.74) is 7.69. The predicted molar refractivity (Wildman–Crippen MR) is 116 cm³/mol. The lowest BCUT2D eigenvalue weighted by Gasteiger charge is -2.06. The number of amides is 2. The number of primary amides is 1. The summed E-state index contributed by atoms with van der Waals surface area (Å²) in [6, 6.07) is 8.88. The molecule has 30 heavy (non-hydrogen) atoms. The molecule has 3 aromatic heterocycles. The molecule has 12 heteroatoms. The van der Waals surface area contributed by atoms with E-state index in [9.17, 15) is 9.59 Å². The molecule has 0 aliphatic rings. The van der Waals surface area contributed by atoms with Gasteiger partial charge in [-0.15, -0.1) is 21.5 Å². The molecule has 1 aromatic carbocycles. The van der Waals surface area contributed by atoms with Crippen LogP contribution in [0.3, 0.4) is 0 Å². The number of H-pyrrole nitrogens is 1. The molecular formula is C18H14ClN7O2S2. The van der Waals surface area contributed by atoms with E-state index in [1.807, 2.05) is 12.1 Å². The van der Waals surface area contributed by atoms with Gasteiger partial charge < -0.3 is 16.0 Å². The first kappa shape index (κ1) is 20.1. The molecule has 9 nitrogen and oxygen atoms in total. The molecule has 4 N–H and O–H groups in total. The van der Waals surface area contributed by atoms with Crippen molar-refractivity contribution in [2.24, 2.45) is 5.73 Å². The number of anilines is 1. The van der Waals surface area contributed by atoms with Crippen LogP contribution in [0.15, 0.2) is 53.4 Å². The number of nitrogens with one attached hydrogen (secondary N) is 2. The highest BCUT2D eigenvalue weighted by atomic mass is 35.5. The smallest absolute Gasteiger partial charge is 0.265 e. The monoisotopic (exact) mass is 459 g/mol. The maximum Gasteiger partial charge on any atom is 0.265 e. The number of nitrogens with two attached hydrogens (primary N) is 1. The van der Waals surface area contributed by atoms with Crippen LogP contribution in [0.2, 0.25) is 5.02 Å². The van der Waals surface area contributed by atoms with Crippen molar-refractivity contribution in [1.82, 2.24) is 24.7 Å². The van der Waals surface area contributed by atoms with Crippen molar-refractivity contribution < 1.29 is 9.59 Å². The lowest BCUT2D eigenvalue weighted by Crippen LogP contribution is -2.14. The highest BCUT2D eigenvalue weighted by molar-refractivity contribution is 7.99. The summed E-state index contributed by atoms with van der Waals surface area (Å²) >= 11 is 8.57. The van der Waals surface area contributed by atoms with Gasteiger partial charge >= 0.3 is 0 Å². The Balaban J connectivity index is 1.38. The Morgan fingerprint density at radius 2 is 2.20 bits per heavy atom. The molecule has 0 saturated carbocycles. The van der Waals surface area contributed by atoms with Gasteiger partial charge in [-0.2, -0.15) is 0 Å². The summed E-state index contributed by atoms with van der Waals surface area (Å²) in [5, 5.41) is 14.1. The third-order valence-electron chi connectivity index (χ3n) is 3.93. The highest BCUT2D eigenvalue weighted by Gasteiger charge is 2.13. The number of carbonyl (C=O) groups is 2. The largest absolute Gasteiger partial charge is 0.364 e. The first-order valence-electron chi connectivity index (χ1n) is 8.52. The number of rotatable bonds is 7. The van der Waals surface area contributed by atoms with E-state index in [0.717, 1.165) is 5.69 Å². The lowest BCUT2D eigenvalue weighted by molar-refractivity contribution is -0.113. The van der Waals surface area contributed by atoms with E-state index in [4.69, 9.17) is 17.3 Å². The summed E-state index contributed by atoms with van der Waals surface area (Å²) in [5.74, 6) is -0.648. The third kappa shape index (κ3) is 4.53. The molecular weight excluding hydrogens is 446 g/mol. The van der Waals surface area contributed by atoms with Gasteiger partial charge in [-0.3, -0.25) is 14.2 Å². The second-order valence-corrected chi connectivity index (χ2v) is 8.24. The molecule has 4 aromatic rings. The molecule has 0 aliphatic heterocycles. The van der Waals surface area contributed by atoms with E-state index in [0.29, 0.717) is 32.3 Å². The molecule has 0 atom stereocenters. The number of aromatic nitrogens is 5. The van der Waals surface area contributed by atoms with Gasteiger partial charge in [0.25, 0.3) is 5.91 Å². The van der Waals surface area contributed by atoms with Gasteiger partial charge in [0, 0.05) is 22.2 Å². The summed E-state index contributed by atoms with van der Waals surface area (Å²) < 4.78 is 1.76. The number of aromatic amines is 1. The molecule has 0 spiro atoms. The molecule has 4 rings (SSSR count). The van der Waals surface area contributed by atoms with Gasteiger partial charge in [0.1, 0.15) is 12.0 Å². The van der Waals surface area contributed by atoms with Crippen molar-refractivity contribution in [3.63, 3.8) is 0 Å². The lowest BCUT2D eigenvalue weighted by atomic mass is 10.2. The van der Waals surface area contributed by atoms with Gasteiger partial charge in [-0.25, -0.2) is 4.98 Å². The zero-order valence-corrected chi connectivity index (χ0v) is 17.6. The number of carbonyl (C=O) groups excluding carboxylic acids is 2. The zero-order valence-electron chi connectivity index (χ0n) is 15.2. The van der Waals surface area contributed by atoms with E-state index in [-0.39, 0.29) is 11.7 Å². The van der Waals surface area contributed by atoms with Crippen LogP contribution in [0.4, 0.5) is 5.13 Å². The molecule has 0 aliphatic carbocycles. The molecule has 152 valence electrons. The fourth-order valence-corrected chi connectivity index (χ4v) is 4.21. The van der Waals surface area contributed by atoms with E-state index in [1.54, 1.807) is 40.7 Å². The fourth-order valence-electron chi connectivity index (χ4n) is 2.56. The Morgan fingerprint density at radius 1 is 1.33 bits per heavy atom. The Morgan fingerprint density at radius 3 is 2.97 bits per heavy atom. The zero-order chi connectivity index (χ0) is 21.1. The standard InChI is InChI=1S/C18H14ClN7O2S2/c19-11-2-1-3-12(5-11)26-9-22-25-18(26)30-8-15(27)24-17-23-14(7-29-17)10-4-13(16(20)28)21-6-10/h1-7,9,21H,8H2,(H2,20,28)(H,23,24,27). The minimum atomic E-state index is -0.548. The van der Waals surface area contributed by atoms with Crippen LogP contribution in [0.1, 0.15) is 10.5 Å². The minimum absolute atomic E-state index is 0.129. The second kappa shape index (κ2) is 8.69. The van der Waals surface area contributed by atoms with Crippen molar-refractivity contribution in [3.8, 4) is 16.9 Å². The number of nitrogens with zero attached hydrogens (tertiary/aromatic N) is 4. The Kier molecular flexibility index (Phi) is 5.84. The normalized spacial score (nSPS) is 10.8. The first-order chi connectivity index (χ1) is 14.5. The molecule has 0 unspecified atom stereocenters. The predicted octanol–water partition coefficient (Wildman–Crippen LogP) is 3.20. The van der Waals surface area contributed by atoms with Crippen LogP contribution in [0.25, 0.3) is 16.9 Å². The maximum absolute atomic E-state index is 12.3. The van der Waals surface area contributed by atoms with E-state index in [2.05, 4.69) is 25.5 Å². The number of thioether (sulfide) groups is 1. The van der Waals surface area contributed by atoms with Crippen LogP contribution in [-0.2, 0) is 4.79 Å². The molecule has 0 bridgehead atoms. The summed E-state index contributed by atoms with van der Waals surface area (Å²) in [7, 11) is 0. The SMILES string of the molecule is NC(=O)c1cc(-c2csc(NC(=O)CSc3nncn3-c3cccc(Cl)c3)n2)c[nH]1. The van der Waals surface area contributed by atoms with Gasteiger partial charge in [0.2, 0.25) is 5.91 Å². The number of hydrogen-bond acceptors (Lipinski definition) is 7. The number of halogens is 1. The molecule has 3 heterocycles. The van der Waals surface area contributed by atoms with Gasteiger partial charge in [0.15, 0.2) is 10.3 Å². The van der Waals surface area contributed by atoms with Gasteiger partial charge in [-0.05, 0) is 24.3 Å². The Hall–Kier alpha value is -3.15. The molecule has 0 fully saturated rings. The summed E-state index contributed by atoms with van der Waals surface area (Å²) in [6.07, 6.45) is 3.20. The highest BCUT2D eigenvalue weighted by Crippen LogP contribution is 2.26. The van der Waals surface area contributed by atoms with Crippen LogP contribution in [-0.4, -0.2) is 42.3 Å². The van der Waals surface area contributed by atoms with Crippen molar-refractivity contribution >= 4 is 51.6 Å². The number of benzene rings is 1. The molecule has 2 amide bonds. The van der Waals surface area contributed by atoms with E-state index < -0.39 is 5.91 Å². The fraction of sp³-hybridized carbons (Fsp3) is 0.0556. The summed E-state index contributed by atoms with van der Waals surface area (Å²) in [6.45, 7) is 0. The molecule has 0 saturated heterocycles. The van der Waals surface area contributed by atoms with Crippen LogP contribution < -0.4 is 11.1 Å². The molecule has 0 radical (unpaired) electrons. The van der Waals surface area contributed by atoms with Crippen molar-refractivity contribution in [2.45, 2.75) is 5.16 Å². The van der Waals surface area contributed by atoms with E-state index >= 15 is 0 Å². The first-order valence-corrected chi connectivity index (χ1v) is 10.8. The van der Waals surface area contributed by atoms with E-state index in [1.165, 1.54) is 23.1 Å². The van der Waals surface area contributed by atoms with Crippen molar-refractivity contribution in [1.29, 1.82) is 0 Å². The van der Waals surface area contributed by atoms with Crippen LogP contribution in [0, 0.1) is 0 Å². The third-order valence-corrected chi connectivity index (χ3v) is 5.87. The van der Waals surface area contributed by atoms with Crippen molar-refractivity contribution in [3.05, 3.63) is 59.0 Å². The quantitative estimate of drug-likeness (QED) is 0.363. The number of hydrogen-bond donors (Lipinski definition) is 3. The van der Waals surface area contributed by atoms with Gasteiger partial charge in [0.05, 0.1) is 17.1 Å². The van der Waals surface area contributed by atoms with Gasteiger partial charge in [-0.1, -0.05) is 29.4 Å². The Labute approximate surface area is 183 Å². The van der Waals surface area contributed by atoms with Crippen molar-refractivity contribution in [2.75, 3.05) is 11.1 Å². The summed E-state index contributed by atoms with van der Waals surface area (Å²) in [4.78, 5) is 30.7. The average Bonchev–Trinajstić information content (AvgIpc) is 3.46. The number of thiazole rings is 1. The average molecular weight is 460 g/mol. The van der Waals surface area contributed by atoms with Crippen LogP contribution >= 0.6 is 34.7 Å². The van der Waals surface area contributed by atoms with Crippen LogP contribution in [0.5, 0.6) is 0 Å². The topological polar surface area (TPSA) is 132 Å². The Bertz CT molecular complexity index is 1220. The minimum Gasteiger partial charge on any atom is -0.364 e. The maximum atomic E-state index is 12.3. The second-order valence-electron chi connectivity index (χ2n) is 6.00.